The Bertz CT molecular complexity index is 1250. The van der Waals surface area contributed by atoms with Gasteiger partial charge in [-0.3, -0.25) is 9.59 Å². The summed E-state index contributed by atoms with van der Waals surface area (Å²) in [4.78, 5) is 25.2. The van der Waals surface area contributed by atoms with E-state index in [2.05, 4.69) is 15.7 Å². The molecule has 31 heavy (non-hydrogen) atoms. The summed E-state index contributed by atoms with van der Waals surface area (Å²) in [6, 6.07) is 16.3. The van der Waals surface area contributed by atoms with Crippen LogP contribution in [0, 0.1) is 6.92 Å². The predicted molar refractivity (Wildman–Crippen MR) is 116 cm³/mol. The normalized spacial score (nSPS) is 15.2. The molecule has 0 bridgehead atoms. The number of hydrogen-bond acceptors (Lipinski definition) is 5. The third kappa shape index (κ3) is 4.36. The van der Waals surface area contributed by atoms with E-state index in [0.717, 1.165) is 11.1 Å². The predicted octanol–water partition coefficient (Wildman–Crippen LogP) is 2.43. The number of carbonyl (C=O) groups excluding carboxylic acids is 2. The molecule has 9 heteroatoms. The second-order valence-electron chi connectivity index (χ2n) is 7.61. The van der Waals surface area contributed by atoms with Gasteiger partial charge in [-0.15, -0.1) is 0 Å². The number of carbonyl (C=O) groups is 2. The topological polar surface area (TPSA) is 110 Å². The molecule has 3 aromatic rings. The molecule has 1 aromatic heterocycles. The Labute approximate surface area is 180 Å². The molecule has 8 nitrogen and oxygen atoms in total. The molecular weight excluding hydrogens is 416 g/mol. The zero-order chi connectivity index (χ0) is 22.2. The lowest BCUT2D eigenvalue weighted by atomic mass is 10.1. The monoisotopic (exact) mass is 438 g/mol. The average Bonchev–Trinajstić information content (AvgIpc) is 3.21. The fraction of sp³-hybridized carbons (Fsp3) is 0.227. The number of aromatic nitrogens is 2. The fourth-order valence-electron chi connectivity index (χ4n) is 3.50. The van der Waals surface area contributed by atoms with E-state index in [1.165, 1.54) is 4.68 Å². The number of nitrogens with one attached hydrogen (secondary N) is 2. The van der Waals surface area contributed by atoms with Crippen molar-refractivity contribution in [2.45, 2.75) is 31.4 Å². The molecule has 4 rings (SSSR count). The minimum atomic E-state index is -3.33. The third-order valence-corrected chi connectivity index (χ3v) is 6.59. The largest absolute Gasteiger partial charge is 0.341 e. The van der Waals surface area contributed by atoms with Crippen LogP contribution in [-0.4, -0.2) is 30.0 Å². The summed E-state index contributed by atoms with van der Waals surface area (Å²) in [6.45, 7) is 3.72. The molecule has 0 spiro atoms. The Morgan fingerprint density at radius 3 is 2.35 bits per heavy atom. The van der Waals surface area contributed by atoms with E-state index in [1.54, 1.807) is 6.92 Å². The van der Waals surface area contributed by atoms with Crippen LogP contribution in [0.3, 0.4) is 0 Å². The smallest absolute Gasteiger partial charge is 0.314 e. The molecule has 1 aliphatic heterocycles. The highest BCUT2D eigenvalue weighted by molar-refractivity contribution is 7.90. The van der Waals surface area contributed by atoms with Crippen LogP contribution >= 0.6 is 0 Å². The van der Waals surface area contributed by atoms with Gasteiger partial charge < -0.3 is 10.6 Å². The lowest BCUT2D eigenvalue weighted by Crippen LogP contribution is -2.37. The Morgan fingerprint density at radius 2 is 1.68 bits per heavy atom. The molecule has 2 amide bonds. The summed E-state index contributed by atoms with van der Waals surface area (Å²) < 4.78 is 25.6. The highest BCUT2D eigenvalue weighted by Gasteiger charge is 2.34. The maximum atomic E-state index is 12.7. The number of nitrogens with zero attached hydrogens (tertiary/aromatic N) is 2. The molecular formula is C22H22N4O4S. The van der Waals surface area contributed by atoms with Gasteiger partial charge in [0.05, 0.1) is 28.9 Å². The van der Waals surface area contributed by atoms with Gasteiger partial charge in [0.2, 0.25) is 0 Å². The van der Waals surface area contributed by atoms with Gasteiger partial charge in [0.25, 0.3) is 0 Å². The van der Waals surface area contributed by atoms with E-state index in [-0.39, 0.29) is 23.4 Å². The van der Waals surface area contributed by atoms with Crippen molar-refractivity contribution in [2.75, 3.05) is 5.32 Å². The first-order chi connectivity index (χ1) is 14.7. The Kier molecular flexibility index (Phi) is 5.36. The Morgan fingerprint density at radius 1 is 1.00 bits per heavy atom. The van der Waals surface area contributed by atoms with Crippen LogP contribution < -0.4 is 10.6 Å². The van der Waals surface area contributed by atoms with Gasteiger partial charge in [-0.2, -0.15) is 5.10 Å². The standard InChI is InChI=1S/C22H22N4O4S/c1-14-8-10-17(11-9-14)26-20(18-12-31(29,30)13-19(18)25-26)24-22(28)21(27)23-15(2)16-6-4-3-5-7-16/h3-11,15H,12-13H2,1-2H3,(H,23,27)(H,24,28). The summed E-state index contributed by atoms with van der Waals surface area (Å²) in [5, 5.41) is 9.64. The van der Waals surface area contributed by atoms with Gasteiger partial charge in [-0.05, 0) is 31.5 Å². The molecule has 2 N–H and O–H groups in total. The van der Waals surface area contributed by atoms with Crippen LogP contribution in [-0.2, 0) is 30.9 Å². The van der Waals surface area contributed by atoms with Gasteiger partial charge in [0.15, 0.2) is 9.84 Å². The molecule has 0 aliphatic carbocycles. The van der Waals surface area contributed by atoms with Crippen molar-refractivity contribution in [2.24, 2.45) is 0 Å². The second kappa shape index (κ2) is 7.99. The second-order valence-corrected chi connectivity index (χ2v) is 9.68. The molecule has 2 aromatic carbocycles. The van der Waals surface area contributed by atoms with Crippen molar-refractivity contribution < 1.29 is 18.0 Å². The average molecular weight is 439 g/mol. The van der Waals surface area contributed by atoms with Gasteiger partial charge in [0, 0.05) is 5.56 Å². The van der Waals surface area contributed by atoms with Crippen LogP contribution in [0.1, 0.15) is 35.3 Å². The molecule has 160 valence electrons. The first-order valence-electron chi connectivity index (χ1n) is 9.78. The van der Waals surface area contributed by atoms with Crippen LogP contribution in [0.25, 0.3) is 5.69 Å². The first kappa shape index (κ1) is 20.8. The number of sulfone groups is 1. The molecule has 0 saturated heterocycles. The van der Waals surface area contributed by atoms with Gasteiger partial charge in [-0.25, -0.2) is 13.1 Å². The summed E-state index contributed by atoms with van der Waals surface area (Å²) in [5.74, 6) is -1.93. The zero-order valence-corrected chi connectivity index (χ0v) is 17.9. The lowest BCUT2D eigenvalue weighted by Gasteiger charge is -2.15. The zero-order valence-electron chi connectivity index (χ0n) is 17.1. The SMILES string of the molecule is Cc1ccc(-n2nc3c(c2NC(=O)C(=O)NC(C)c2ccccc2)CS(=O)(=O)C3)cc1. The molecule has 1 unspecified atom stereocenters. The lowest BCUT2D eigenvalue weighted by molar-refractivity contribution is -0.136. The van der Waals surface area contributed by atoms with Crippen LogP contribution in [0.15, 0.2) is 54.6 Å². The quantitative estimate of drug-likeness (QED) is 0.608. The highest BCUT2D eigenvalue weighted by atomic mass is 32.2. The molecule has 1 aliphatic rings. The summed E-state index contributed by atoms with van der Waals surface area (Å²) in [6.07, 6.45) is 0. The van der Waals surface area contributed by atoms with E-state index in [4.69, 9.17) is 0 Å². The number of hydrogen-bond donors (Lipinski definition) is 2. The number of fused-ring (bicyclic) bond motifs is 1. The van der Waals surface area contributed by atoms with E-state index in [9.17, 15) is 18.0 Å². The molecule has 2 heterocycles. The van der Waals surface area contributed by atoms with Crippen LogP contribution in [0.4, 0.5) is 5.82 Å². The van der Waals surface area contributed by atoms with Crippen LogP contribution in [0.2, 0.25) is 0 Å². The van der Waals surface area contributed by atoms with Crippen molar-refractivity contribution in [1.29, 1.82) is 0 Å². The first-order valence-corrected chi connectivity index (χ1v) is 11.6. The van der Waals surface area contributed by atoms with Gasteiger partial charge >= 0.3 is 11.8 Å². The number of benzene rings is 2. The van der Waals surface area contributed by atoms with Gasteiger partial charge in [0.1, 0.15) is 5.82 Å². The van der Waals surface area contributed by atoms with Crippen molar-refractivity contribution in [3.8, 4) is 5.69 Å². The minimum absolute atomic E-state index is 0.193. The Hall–Kier alpha value is -3.46. The van der Waals surface area contributed by atoms with Crippen molar-refractivity contribution in [1.82, 2.24) is 15.1 Å². The van der Waals surface area contributed by atoms with E-state index in [0.29, 0.717) is 16.9 Å². The Balaban J connectivity index is 1.60. The maximum absolute atomic E-state index is 12.7. The van der Waals surface area contributed by atoms with Crippen LogP contribution in [0.5, 0.6) is 0 Å². The van der Waals surface area contributed by atoms with Gasteiger partial charge in [-0.1, -0.05) is 48.0 Å². The number of rotatable bonds is 4. The van der Waals surface area contributed by atoms with Crippen molar-refractivity contribution >= 4 is 27.5 Å². The highest BCUT2D eigenvalue weighted by Crippen LogP contribution is 2.33. The number of amides is 2. The fourth-order valence-corrected chi connectivity index (χ4v) is 4.99. The van der Waals surface area contributed by atoms with E-state index in [1.807, 2.05) is 61.5 Å². The molecule has 0 saturated carbocycles. The van der Waals surface area contributed by atoms with Crippen molar-refractivity contribution in [3.63, 3.8) is 0 Å². The van der Waals surface area contributed by atoms with E-state index < -0.39 is 21.7 Å². The molecule has 0 fully saturated rings. The summed E-state index contributed by atoms with van der Waals surface area (Å²) >= 11 is 0. The third-order valence-electron chi connectivity index (χ3n) is 5.15. The number of aryl methyl sites for hydroxylation is 1. The summed E-state index contributed by atoms with van der Waals surface area (Å²) in [5.41, 5.74) is 3.36. The maximum Gasteiger partial charge on any atom is 0.314 e. The molecule has 0 radical (unpaired) electrons. The number of anilines is 1. The van der Waals surface area contributed by atoms with Crippen molar-refractivity contribution in [3.05, 3.63) is 77.0 Å². The minimum Gasteiger partial charge on any atom is -0.341 e. The summed E-state index contributed by atoms with van der Waals surface area (Å²) in [7, 11) is -3.33. The van der Waals surface area contributed by atoms with E-state index >= 15 is 0 Å². The molecule has 1 atom stereocenters.